The van der Waals surface area contributed by atoms with Gasteiger partial charge in [0.05, 0.1) is 25.0 Å². The van der Waals surface area contributed by atoms with Crippen LogP contribution in [0.2, 0.25) is 0 Å². The standard InChI is InChI=1S/C16H20N4O2/c1-12-15(9-18-19-12)16(21)20-6-7-22-11-13(10-20)8-14-4-2-3-5-17-14/h2-5,9,13H,6-8,10-11H2,1H3,(H,18,19)/t13-/m0/s1. The molecule has 3 heterocycles. The summed E-state index contributed by atoms with van der Waals surface area (Å²) in [6, 6.07) is 5.90. The molecule has 22 heavy (non-hydrogen) atoms. The van der Waals surface area contributed by atoms with Crippen molar-refractivity contribution >= 4 is 5.91 Å². The number of ether oxygens (including phenoxy) is 1. The van der Waals surface area contributed by atoms with Crippen molar-refractivity contribution in [2.24, 2.45) is 5.92 Å². The third-order valence-corrected chi connectivity index (χ3v) is 3.91. The highest BCUT2D eigenvalue weighted by Gasteiger charge is 2.25. The normalized spacial score (nSPS) is 19.0. The Balaban J connectivity index is 1.70. The summed E-state index contributed by atoms with van der Waals surface area (Å²) in [5.41, 5.74) is 2.47. The number of aryl methyl sites for hydroxylation is 1. The first kappa shape index (κ1) is 14.7. The Morgan fingerprint density at radius 3 is 3.14 bits per heavy atom. The molecule has 0 radical (unpaired) electrons. The SMILES string of the molecule is Cc1[nH]ncc1C(=O)N1CCOC[C@@H](Cc2ccccn2)C1. The van der Waals surface area contributed by atoms with Crippen molar-refractivity contribution in [3.05, 3.63) is 47.5 Å². The summed E-state index contributed by atoms with van der Waals surface area (Å²) in [4.78, 5) is 18.9. The van der Waals surface area contributed by atoms with Gasteiger partial charge >= 0.3 is 0 Å². The number of aromatic amines is 1. The number of H-pyrrole nitrogens is 1. The highest BCUT2D eigenvalue weighted by molar-refractivity contribution is 5.95. The molecule has 0 saturated carbocycles. The van der Waals surface area contributed by atoms with Crippen molar-refractivity contribution in [1.29, 1.82) is 0 Å². The summed E-state index contributed by atoms with van der Waals surface area (Å²) in [7, 11) is 0. The van der Waals surface area contributed by atoms with Crippen LogP contribution >= 0.6 is 0 Å². The van der Waals surface area contributed by atoms with E-state index in [1.807, 2.05) is 30.0 Å². The van der Waals surface area contributed by atoms with Crippen LogP contribution in [0.1, 0.15) is 21.7 Å². The van der Waals surface area contributed by atoms with E-state index in [0.717, 1.165) is 17.8 Å². The van der Waals surface area contributed by atoms with E-state index in [4.69, 9.17) is 4.74 Å². The number of aromatic nitrogens is 3. The Morgan fingerprint density at radius 1 is 1.50 bits per heavy atom. The Labute approximate surface area is 129 Å². The molecule has 1 aliphatic heterocycles. The number of carbonyl (C=O) groups excluding carboxylic acids is 1. The maximum absolute atomic E-state index is 12.6. The van der Waals surface area contributed by atoms with E-state index in [9.17, 15) is 4.79 Å². The molecule has 6 heteroatoms. The monoisotopic (exact) mass is 300 g/mol. The van der Waals surface area contributed by atoms with Crippen molar-refractivity contribution in [3.8, 4) is 0 Å². The molecule has 2 aromatic heterocycles. The molecule has 0 unspecified atom stereocenters. The molecule has 1 N–H and O–H groups in total. The first-order valence-corrected chi connectivity index (χ1v) is 7.51. The molecule has 1 atom stereocenters. The highest BCUT2D eigenvalue weighted by atomic mass is 16.5. The number of hydrogen-bond donors (Lipinski definition) is 1. The molecule has 1 saturated heterocycles. The minimum Gasteiger partial charge on any atom is -0.379 e. The van der Waals surface area contributed by atoms with Crippen molar-refractivity contribution in [3.63, 3.8) is 0 Å². The number of nitrogens with zero attached hydrogens (tertiary/aromatic N) is 3. The zero-order chi connectivity index (χ0) is 15.4. The molecule has 1 amide bonds. The summed E-state index contributed by atoms with van der Waals surface area (Å²) in [5, 5.41) is 6.75. The lowest BCUT2D eigenvalue weighted by atomic mass is 10.0. The van der Waals surface area contributed by atoms with E-state index in [0.29, 0.717) is 31.9 Å². The van der Waals surface area contributed by atoms with Crippen LogP contribution in [0.4, 0.5) is 0 Å². The second-order valence-corrected chi connectivity index (χ2v) is 5.63. The van der Waals surface area contributed by atoms with Crippen molar-refractivity contribution in [2.45, 2.75) is 13.3 Å². The van der Waals surface area contributed by atoms with Crippen LogP contribution in [0.25, 0.3) is 0 Å². The van der Waals surface area contributed by atoms with Gasteiger partial charge in [-0.05, 0) is 25.5 Å². The predicted molar refractivity (Wildman–Crippen MR) is 81.5 cm³/mol. The second kappa shape index (κ2) is 6.70. The summed E-state index contributed by atoms with van der Waals surface area (Å²) >= 11 is 0. The quantitative estimate of drug-likeness (QED) is 0.931. The topological polar surface area (TPSA) is 71.1 Å². The van der Waals surface area contributed by atoms with Crippen molar-refractivity contribution in [1.82, 2.24) is 20.1 Å². The van der Waals surface area contributed by atoms with Gasteiger partial charge in [-0.3, -0.25) is 14.9 Å². The van der Waals surface area contributed by atoms with Gasteiger partial charge in [0.1, 0.15) is 0 Å². The van der Waals surface area contributed by atoms with Crippen LogP contribution in [0.5, 0.6) is 0 Å². The van der Waals surface area contributed by atoms with Gasteiger partial charge in [-0.2, -0.15) is 5.10 Å². The average molecular weight is 300 g/mol. The minimum atomic E-state index is 0.0165. The summed E-state index contributed by atoms with van der Waals surface area (Å²) in [6.45, 7) is 4.38. The van der Waals surface area contributed by atoms with Crippen LogP contribution in [-0.4, -0.2) is 52.3 Å². The van der Waals surface area contributed by atoms with E-state index < -0.39 is 0 Å². The van der Waals surface area contributed by atoms with Gasteiger partial charge in [-0.1, -0.05) is 6.07 Å². The maximum Gasteiger partial charge on any atom is 0.257 e. The van der Waals surface area contributed by atoms with Gasteiger partial charge in [0.25, 0.3) is 5.91 Å². The fraction of sp³-hybridized carbons (Fsp3) is 0.438. The fourth-order valence-electron chi connectivity index (χ4n) is 2.74. The molecule has 2 aromatic rings. The zero-order valence-electron chi connectivity index (χ0n) is 12.7. The van der Waals surface area contributed by atoms with Crippen LogP contribution < -0.4 is 0 Å². The molecule has 0 bridgehead atoms. The molecular formula is C16H20N4O2. The lowest BCUT2D eigenvalue weighted by molar-refractivity contribution is 0.0736. The fourth-order valence-corrected chi connectivity index (χ4v) is 2.74. The maximum atomic E-state index is 12.6. The van der Waals surface area contributed by atoms with Gasteiger partial charge in [0.2, 0.25) is 0 Å². The molecule has 0 spiro atoms. The molecule has 1 aliphatic rings. The first-order chi connectivity index (χ1) is 10.7. The second-order valence-electron chi connectivity index (χ2n) is 5.63. The molecule has 0 aromatic carbocycles. The molecule has 0 aliphatic carbocycles. The van der Waals surface area contributed by atoms with Gasteiger partial charge in [-0.25, -0.2) is 0 Å². The number of hydrogen-bond acceptors (Lipinski definition) is 4. The van der Waals surface area contributed by atoms with Crippen LogP contribution in [0, 0.1) is 12.8 Å². The van der Waals surface area contributed by atoms with Crippen molar-refractivity contribution < 1.29 is 9.53 Å². The lowest BCUT2D eigenvalue weighted by Crippen LogP contribution is -2.36. The van der Waals surface area contributed by atoms with Crippen LogP contribution in [-0.2, 0) is 11.2 Å². The Bertz CT molecular complexity index is 626. The lowest BCUT2D eigenvalue weighted by Gasteiger charge is -2.23. The zero-order valence-corrected chi connectivity index (χ0v) is 12.7. The first-order valence-electron chi connectivity index (χ1n) is 7.51. The van der Waals surface area contributed by atoms with E-state index in [-0.39, 0.29) is 11.8 Å². The molecule has 6 nitrogen and oxygen atoms in total. The van der Waals surface area contributed by atoms with Gasteiger partial charge < -0.3 is 9.64 Å². The summed E-state index contributed by atoms with van der Waals surface area (Å²) < 4.78 is 5.66. The molecular weight excluding hydrogens is 280 g/mol. The summed E-state index contributed by atoms with van der Waals surface area (Å²) in [6.07, 6.45) is 4.21. The molecule has 1 fully saturated rings. The Hall–Kier alpha value is -2.21. The van der Waals surface area contributed by atoms with Crippen LogP contribution in [0.15, 0.2) is 30.6 Å². The Kier molecular flexibility index (Phi) is 4.48. The van der Waals surface area contributed by atoms with E-state index in [1.165, 1.54) is 0 Å². The van der Waals surface area contributed by atoms with E-state index >= 15 is 0 Å². The third kappa shape index (κ3) is 3.33. The average Bonchev–Trinajstić information content (AvgIpc) is 2.82. The Morgan fingerprint density at radius 2 is 2.41 bits per heavy atom. The number of carbonyl (C=O) groups is 1. The van der Waals surface area contributed by atoms with Gasteiger partial charge in [0, 0.05) is 36.6 Å². The molecule has 116 valence electrons. The molecule has 3 rings (SSSR count). The number of amides is 1. The smallest absolute Gasteiger partial charge is 0.257 e. The van der Waals surface area contributed by atoms with E-state index in [1.54, 1.807) is 12.4 Å². The summed E-state index contributed by atoms with van der Waals surface area (Å²) in [5.74, 6) is 0.274. The van der Waals surface area contributed by atoms with E-state index in [2.05, 4.69) is 15.2 Å². The number of pyridine rings is 1. The van der Waals surface area contributed by atoms with Crippen molar-refractivity contribution in [2.75, 3.05) is 26.3 Å². The van der Waals surface area contributed by atoms with Gasteiger partial charge in [-0.15, -0.1) is 0 Å². The van der Waals surface area contributed by atoms with Gasteiger partial charge in [0.15, 0.2) is 0 Å². The van der Waals surface area contributed by atoms with Crippen LogP contribution in [0.3, 0.4) is 0 Å². The largest absolute Gasteiger partial charge is 0.379 e. The minimum absolute atomic E-state index is 0.0165. The highest BCUT2D eigenvalue weighted by Crippen LogP contribution is 2.15. The predicted octanol–water partition coefficient (Wildman–Crippen LogP) is 1.44. The third-order valence-electron chi connectivity index (χ3n) is 3.91. The number of nitrogens with one attached hydrogen (secondary N) is 1. The number of rotatable bonds is 3.